The number of carbonyl (C=O) groups is 3. The zero-order valence-corrected chi connectivity index (χ0v) is 42.7. The van der Waals surface area contributed by atoms with Gasteiger partial charge in [-0.15, -0.1) is 0 Å². The average molecular weight is 915 g/mol. The van der Waals surface area contributed by atoms with Crippen molar-refractivity contribution < 1.29 is 28.6 Å². The number of esters is 3. The van der Waals surface area contributed by atoms with Gasteiger partial charge < -0.3 is 14.2 Å². The Labute approximate surface area is 406 Å². The number of hydrogen-bond donors (Lipinski definition) is 0. The highest BCUT2D eigenvalue weighted by Gasteiger charge is 2.19. The Morgan fingerprint density at radius 2 is 0.667 bits per heavy atom. The second-order valence-electron chi connectivity index (χ2n) is 17.5. The first-order valence-electron chi connectivity index (χ1n) is 26.9. The summed E-state index contributed by atoms with van der Waals surface area (Å²) in [6, 6.07) is 0. The molecule has 0 N–H and O–H groups in total. The quantitative estimate of drug-likeness (QED) is 0.0199. The molecular weight excluding hydrogens is 817 g/mol. The molecule has 1 atom stereocenters. The van der Waals surface area contributed by atoms with Crippen molar-refractivity contribution in [3.05, 3.63) is 109 Å². The van der Waals surface area contributed by atoms with Crippen LogP contribution in [0.2, 0.25) is 0 Å². The van der Waals surface area contributed by atoms with Crippen LogP contribution in [0.3, 0.4) is 0 Å². The summed E-state index contributed by atoms with van der Waals surface area (Å²) < 4.78 is 16.7. The third kappa shape index (κ3) is 51.1. The van der Waals surface area contributed by atoms with Gasteiger partial charge in [0, 0.05) is 19.3 Å². The average Bonchev–Trinajstić information content (AvgIpc) is 3.31. The number of carbonyl (C=O) groups excluding carboxylic acids is 3. The lowest BCUT2D eigenvalue weighted by atomic mass is 10.1. The van der Waals surface area contributed by atoms with Gasteiger partial charge in [-0.2, -0.15) is 0 Å². The molecule has 0 amide bonds. The van der Waals surface area contributed by atoms with Gasteiger partial charge in [-0.3, -0.25) is 14.4 Å². The smallest absolute Gasteiger partial charge is 0.306 e. The largest absolute Gasteiger partial charge is 0.462 e. The van der Waals surface area contributed by atoms with E-state index in [1.807, 2.05) is 0 Å². The minimum Gasteiger partial charge on any atom is -0.462 e. The maximum Gasteiger partial charge on any atom is 0.306 e. The first kappa shape index (κ1) is 62.1. The van der Waals surface area contributed by atoms with Crippen molar-refractivity contribution in [2.75, 3.05) is 13.2 Å². The fraction of sp³-hybridized carbons (Fsp3) is 0.650. The van der Waals surface area contributed by atoms with E-state index in [-0.39, 0.29) is 37.5 Å². The Bertz CT molecular complexity index is 1370. The highest BCUT2D eigenvalue weighted by molar-refractivity contribution is 5.71. The van der Waals surface area contributed by atoms with Crippen LogP contribution in [0.15, 0.2) is 109 Å². The topological polar surface area (TPSA) is 78.9 Å². The van der Waals surface area contributed by atoms with Gasteiger partial charge in [0.2, 0.25) is 0 Å². The number of allylic oxidation sites excluding steroid dienone is 18. The summed E-state index contributed by atoms with van der Waals surface area (Å²) >= 11 is 0. The molecule has 0 radical (unpaired) electrons. The summed E-state index contributed by atoms with van der Waals surface area (Å²) in [5.74, 6) is -1.01. The van der Waals surface area contributed by atoms with Crippen LogP contribution < -0.4 is 0 Å². The van der Waals surface area contributed by atoms with Gasteiger partial charge in [0.05, 0.1) is 0 Å². The molecule has 0 aliphatic rings. The lowest BCUT2D eigenvalue weighted by molar-refractivity contribution is -0.167. The van der Waals surface area contributed by atoms with Gasteiger partial charge in [-0.05, 0) is 103 Å². The fourth-order valence-corrected chi connectivity index (χ4v) is 7.01. The molecular formula is C60H98O6. The van der Waals surface area contributed by atoms with E-state index in [0.717, 1.165) is 109 Å². The van der Waals surface area contributed by atoms with E-state index in [0.29, 0.717) is 19.3 Å². The van der Waals surface area contributed by atoms with Gasteiger partial charge in [0.25, 0.3) is 0 Å². The van der Waals surface area contributed by atoms with Crippen molar-refractivity contribution >= 4 is 17.9 Å². The number of rotatable bonds is 47. The Balaban J connectivity index is 4.53. The van der Waals surface area contributed by atoms with Crippen molar-refractivity contribution in [1.82, 2.24) is 0 Å². The predicted molar refractivity (Wildman–Crippen MR) is 283 cm³/mol. The van der Waals surface area contributed by atoms with Gasteiger partial charge in [0.15, 0.2) is 6.10 Å². The van der Waals surface area contributed by atoms with Crippen LogP contribution in [-0.4, -0.2) is 37.2 Å². The maximum atomic E-state index is 12.8. The molecule has 0 heterocycles. The molecule has 0 aromatic carbocycles. The molecule has 0 rings (SSSR count). The van der Waals surface area contributed by atoms with Crippen molar-refractivity contribution in [3.63, 3.8) is 0 Å². The lowest BCUT2D eigenvalue weighted by Crippen LogP contribution is -2.30. The first-order valence-corrected chi connectivity index (χ1v) is 26.9. The Morgan fingerprint density at radius 3 is 1.14 bits per heavy atom. The van der Waals surface area contributed by atoms with E-state index < -0.39 is 6.10 Å². The Hall–Kier alpha value is -3.93. The molecule has 0 fully saturated rings. The fourth-order valence-electron chi connectivity index (χ4n) is 7.01. The van der Waals surface area contributed by atoms with Crippen LogP contribution in [0, 0.1) is 0 Å². The second-order valence-corrected chi connectivity index (χ2v) is 17.5. The molecule has 0 aromatic rings. The zero-order chi connectivity index (χ0) is 47.9. The Morgan fingerprint density at radius 1 is 0.333 bits per heavy atom. The number of ether oxygens (including phenoxy) is 3. The molecule has 1 unspecified atom stereocenters. The van der Waals surface area contributed by atoms with Crippen LogP contribution in [0.5, 0.6) is 0 Å². The highest BCUT2D eigenvalue weighted by atomic mass is 16.6. The standard InChI is InChI=1S/C60H98O6/c1-4-7-10-13-16-19-22-25-27-29-31-32-35-38-41-44-47-50-53-59(62)65-56-57(55-64-58(61)52-49-46-43-40-37-34-24-21-18-15-12-9-6-3)66-60(63)54-51-48-45-42-39-36-33-30-28-26-23-20-17-14-11-8-5-2/h9,12,15,17-18,20-21,24,26-29,31-33,36,42,45,57H,4-8,10-11,13-14,16,19,22-23,25,30,34-35,37-41,43-44,46-56H2,1-3H3/b12-9+,18-15+,20-17+,24-21+,28-26+,29-27+,32-31+,36-33+,45-42+. The van der Waals surface area contributed by atoms with Gasteiger partial charge in [-0.1, -0.05) is 220 Å². The second kappa shape index (κ2) is 53.7. The molecule has 0 aromatic heterocycles. The van der Waals surface area contributed by atoms with Crippen LogP contribution in [-0.2, 0) is 28.6 Å². The highest BCUT2D eigenvalue weighted by Crippen LogP contribution is 2.13. The summed E-state index contributed by atoms with van der Waals surface area (Å²) in [7, 11) is 0. The van der Waals surface area contributed by atoms with Crippen LogP contribution in [0.1, 0.15) is 233 Å². The molecule has 0 spiro atoms. The van der Waals surface area contributed by atoms with E-state index in [1.165, 1.54) is 77.0 Å². The van der Waals surface area contributed by atoms with Crippen LogP contribution in [0.25, 0.3) is 0 Å². The molecule has 66 heavy (non-hydrogen) atoms. The summed E-state index contributed by atoms with van der Waals surface area (Å²) in [6.45, 7) is 6.39. The van der Waals surface area contributed by atoms with Crippen molar-refractivity contribution in [1.29, 1.82) is 0 Å². The normalized spacial score (nSPS) is 13.0. The minimum atomic E-state index is -0.823. The number of unbranched alkanes of at least 4 members (excludes halogenated alkanes) is 21. The van der Waals surface area contributed by atoms with E-state index in [2.05, 4.69) is 130 Å². The molecule has 0 saturated carbocycles. The molecule has 0 saturated heterocycles. The Kier molecular flexibility index (Phi) is 50.5. The molecule has 0 aliphatic heterocycles. The van der Waals surface area contributed by atoms with Gasteiger partial charge in [0.1, 0.15) is 13.2 Å². The van der Waals surface area contributed by atoms with Crippen molar-refractivity contribution in [3.8, 4) is 0 Å². The van der Waals surface area contributed by atoms with Crippen molar-refractivity contribution in [2.24, 2.45) is 0 Å². The maximum absolute atomic E-state index is 12.8. The summed E-state index contributed by atoms with van der Waals surface area (Å²) in [6.07, 6.45) is 72.2. The first-order chi connectivity index (χ1) is 32.5. The summed E-state index contributed by atoms with van der Waals surface area (Å²) in [5, 5.41) is 0. The van der Waals surface area contributed by atoms with Crippen molar-refractivity contribution in [2.45, 2.75) is 239 Å². The molecule has 374 valence electrons. The molecule has 6 nitrogen and oxygen atoms in total. The van der Waals surface area contributed by atoms with Crippen LogP contribution >= 0.6 is 0 Å². The van der Waals surface area contributed by atoms with Crippen LogP contribution in [0.4, 0.5) is 0 Å². The lowest BCUT2D eigenvalue weighted by Gasteiger charge is -2.18. The summed E-state index contributed by atoms with van der Waals surface area (Å²) in [5.41, 5.74) is 0. The third-order valence-electron chi connectivity index (χ3n) is 11.1. The third-order valence-corrected chi connectivity index (χ3v) is 11.1. The van der Waals surface area contributed by atoms with E-state index in [1.54, 1.807) is 0 Å². The SMILES string of the molecule is CC/C=C/C=C/C=C/CCCCCCCC(=O)OCC(COC(=O)CCCCCCC/C=C/C=C/CCCCCCCCC)OC(=O)CCC/C=C/C/C=C/C/C=C/C/C=C/CCCCC. The molecule has 0 aliphatic carbocycles. The zero-order valence-electron chi connectivity index (χ0n) is 42.7. The van der Waals surface area contributed by atoms with Gasteiger partial charge in [-0.25, -0.2) is 0 Å². The number of hydrogen-bond acceptors (Lipinski definition) is 6. The van der Waals surface area contributed by atoms with E-state index in [4.69, 9.17) is 14.2 Å². The minimum absolute atomic E-state index is 0.117. The predicted octanol–water partition coefficient (Wildman–Crippen LogP) is 17.9. The summed E-state index contributed by atoms with van der Waals surface area (Å²) in [4.78, 5) is 38.0. The van der Waals surface area contributed by atoms with E-state index in [9.17, 15) is 14.4 Å². The monoisotopic (exact) mass is 915 g/mol. The van der Waals surface area contributed by atoms with Gasteiger partial charge >= 0.3 is 17.9 Å². The molecule has 0 bridgehead atoms. The molecule has 6 heteroatoms. The van der Waals surface area contributed by atoms with E-state index >= 15 is 0 Å².